The summed E-state index contributed by atoms with van der Waals surface area (Å²) in [6, 6.07) is 16.1. The maximum Gasteiger partial charge on any atom is 0.244 e. The first-order chi connectivity index (χ1) is 15.3. The molecule has 0 amide bonds. The average molecular weight is 451 g/mol. The quantitative estimate of drug-likeness (QED) is 0.728. The van der Waals surface area contributed by atoms with Gasteiger partial charge in [0, 0.05) is 16.1 Å². The van der Waals surface area contributed by atoms with E-state index in [1.54, 1.807) is 31.2 Å². The van der Waals surface area contributed by atoms with E-state index in [0.29, 0.717) is 11.3 Å². The molecule has 2 aromatic carbocycles. The summed E-state index contributed by atoms with van der Waals surface area (Å²) < 4.78 is 32.3. The van der Waals surface area contributed by atoms with Crippen molar-refractivity contribution in [2.24, 2.45) is 16.7 Å². The number of fused-ring (bicyclic) bond motifs is 2. The molecule has 0 spiro atoms. The van der Waals surface area contributed by atoms with Crippen molar-refractivity contribution in [3.8, 4) is 24.0 Å². The van der Waals surface area contributed by atoms with Crippen molar-refractivity contribution in [2.45, 2.75) is 18.8 Å². The predicted octanol–water partition coefficient (Wildman–Crippen LogP) is 4.60. The summed E-state index contributed by atoms with van der Waals surface area (Å²) in [5, 5.41) is 39.1. The van der Waals surface area contributed by atoms with Gasteiger partial charge in [-0.25, -0.2) is 4.39 Å². The SMILES string of the molecule is COc1ccc(C23OC(=N)C(C#N)(C2C)C(C#N)(C#N)C(c2c(F)cccc2Cl)O3)cc1. The highest BCUT2D eigenvalue weighted by atomic mass is 35.5. The van der Waals surface area contributed by atoms with Gasteiger partial charge >= 0.3 is 0 Å². The third kappa shape index (κ3) is 2.38. The molecule has 0 saturated carbocycles. The molecule has 9 heteroatoms. The van der Waals surface area contributed by atoms with Gasteiger partial charge in [0.1, 0.15) is 17.7 Å². The molecular weight excluding hydrogens is 435 g/mol. The lowest BCUT2D eigenvalue weighted by atomic mass is 9.53. The second-order valence-corrected chi connectivity index (χ2v) is 8.04. The lowest BCUT2D eigenvalue weighted by Crippen LogP contribution is -2.57. The Bertz CT molecular complexity index is 1210. The Morgan fingerprint density at radius 3 is 2.28 bits per heavy atom. The molecule has 2 heterocycles. The zero-order valence-corrected chi connectivity index (χ0v) is 17.8. The van der Waals surface area contributed by atoms with Crippen LogP contribution in [0.5, 0.6) is 5.75 Å². The Labute approximate surface area is 188 Å². The number of hydrogen-bond acceptors (Lipinski definition) is 7. The van der Waals surface area contributed by atoms with E-state index < -0.39 is 40.4 Å². The van der Waals surface area contributed by atoms with E-state index in [-0.39, 0.29) is 10.6 Å². The Balaban J connectivity index is 2.06. The van der Waals surface area contributed by atoms with Crippen LogP contribution in [0.1, 0.15) is 24.2 Å². The van der Waals surface area contributed by atoms with Crippen LogP contribution in [0.25, 0.3) is 0 Å². The third-order valence-corrected chi connectivity index (χ3v) is 6.75. The fourth-order valence-corrected chi connectivity index (χ4v) is 4.97. The summed E-state index contributed by atoms with van der Waals surface area (Å²) in [7, 11) is 1.50. The summed E-state index contributed by atoms with van der Waals surface area (Å²) in [5.74, 6) is -3.57. The predicted molar refractivity (Wildman–Crippen MR) is 110 cm³/mol. The Kier molecular flexibility index (Phi) is 4.86. The van der Waals surface area contributed by atoms with Crippen LogP contribution in [0.2, 0.25) is 5.02 Å². The minimum Gasteiger partial charge on any atom is -0.497 e. The van der Waals surface area contributed by atoms with Crippen LogP contribution in [0, 0.1) is 62.0 Å². The molecule has 0 aliphatic carbocycles. The molecule has 1 N–H and O–H groups in total. The second kappa shape index (κ2) is 7.21. The van der Waals surface area contributed by atoms with E-state index in [1.165, 1.54) is 19.2 Å². The molecule has 32 heavy (non-hydrogen) atoms. The van der Waals surface area contributed by atoms with Gasteiger partial charge < -0.3 is 14.2 Å². The first-order valence-electron chi connectivity index (χ1n) is 9.56. The lowest BCUT2D eigenvalue weighted by Gasteiger charge is -2.48. The van der Waals surface area contributed by atoms with Gasteiger partial charge in [-0.1, -0.05) is 24.6 Å². The van der Waals surface area contributed by atoms with Gasteiger partial charge in [0.15, 0.2) is 5.41 Å². The van der Waals surface area contributed by atoms with Crippen LogP contribution in [0.4, 0.5) is 4.39 Å². The maximum absolute atomic E-state index is 15.0. The molecule has 2 aromatic rings. The van der Waals surface area contributed by atoms with Gasteiger partial charge in [-0.3, -0.25) is 5.41 Å². The number of hydrogen-bond donors (Lipinski definition) is 1. The number of rotatable bonds is 3. The molecule has 0 aromatic heterocycles. The molecule has 2 saturated heterocycles. The average Bonchev–Trinajstić information content (AvgIpc) is 2.96. The van der Waals surface area contributed by atoms with E-state index in [4.69, 9.17) is 31.2 Å². The van der Waals surface area contributed by atoms with E-state index in [9.17, 15) is 20.2 Å². The zero-order valence-electron chi connectivity index (χ0n) is 17.0. The number of nitriles is 3. The first-order valence-corrected chi connectivity index (χ1v) is 9.93. The fourth-order valence-electron chi connectivity index (χ4n) is 4.71. The topological polar surface area (TPSA) is 123 Å². The maximum atomic E-state index is 15.0. The largest absolute Gasteiger partial charge is 0.497 e. The van der Waals surface area contributed by atoms with Crippen LogP contribution in [-0.4, -0.2) is 13.0 Å². The van der Waals surface area contributed by atoms with Crippen LogP contribution < -0.4 is 4.74 Å². The van der Waals surface area contributed by atoms with Crippen LogP contribution in [0.3, 0.4) is 0 Å². The zero-order chi connectivity index (χ0) is 23.3. The molecule has 0 radical (unpaired) electrons. The van der Waals surface area contributed by atoms with Crippen molar-refractivity contribution in [2.75, 3.05) is 7.11 Å². The molecular formula is C23H16ClFN4O3. The fraction of sp³-hybridized carbons (Fsp3) is 0.304. The Hall–Kier alpha value is -3.64. The number of methoxy groups -OCH3 is 1. The van der Waals surface area contributed by atoms with Crippen molar-refractivity contribution in [3.05, 3.63) is 64.4 Å². The smallest absolute Gasteiger partial charge is 0.244 e. The van der Waals surface area contributed by atoms with Gasteiger partial charge in [-0.05, 0) is 36.4 Å². The highest BCUT2D eigenvalue weighted by Gasteiger charge is 2.80. The monoisotopic (exact) mass is 450 g/mol. The molecule has 7 nitrogen and oxygen atoms in total. The van der Waals surface area contributed by atoms with Crippen molar-refractivity contribution in [1.29, 1.82) is 21.2 Å². The summed E-state index contributed by atoms with van der Waals surface area (Å²) in [6.07, 6.45) is -1.62. The Morgan fingerprint density at radius 2 is 1.75 bits per heavy atom. The summed E-state index contributed by atoms with van der Waals surface area (Å²) in [5.41, 5.74) is -4.20. The van der Waals surface area contributed by atoms with Gasteiger partial charge in [0.2, 0.25) is 17.1 Å². The number of halogens is 2. The molecule has 4 unspecified atom stereocenters. The number of nitrogens with zero attached hydrogens (tertiary/aromatic N) is 3. The van der Waals surface area contributed by atoms with Crippen LogP contribution in [-0.2, 0) is 15.3 Å². The summed E-state index contributed by atoms with van der Waals surface area (Å²) in [4.78, 5) is 0. The summed E-state index contributed by atoms with van der Waals surface area (Å²) in [6.45, 7) is 1.57. The van der Waals surface area contributed by atoms with Crippen LogP contribution >= 0.6 is 11.6 Å². The molecule has 160 valence electrons. The number of ether oxygens (including phenoxy) is 3. The van der Waals surface area contributed by atoms with Gasteiger partial charge in [0.05, 0.1) is 31.2 Å². The molecule has 4 rings (SSSR count). The molecule has 2 aliphatic heterocycles. The Morgan fingerprint density at radius 1 is 1.09 bits per heavy atom. The highest BCUT2D eigenvalue weighted by molar-refractivity contribution is 6.31. The number of nitrogens with one attached hydrogen (secondary N) is 1. The molecule has 2 fully saturated rings. The second-order valence-electron chi connectivity index (χ2n) is 7.63. The van der Waals surface area contributed by atoms with E-state index in [2.05, 4.69) is 0 Å². The van der Waals surface area contributed by atoms with Gasteiger partial charge in [-0.15, -0.1) is 0 Å². The van der Waals surface area contributed by atoms with E-state index in [1.807, 2.05) is 18.2 Å². The molecule has 2 aliphatic rings. The van der Waals surface area contributed by atoms with Crippen molar-refractivity contribution < 1.29 is 18.6 Å². The number of benzene rings is 2. The first kappa shape index (κ1) is 21.6. The van der Waals surface area contributed by atoms with E-state index in [0.717, 1.165) is 6.07 Å². The minimum absolute atomic E-state index is 0.0803. The van der Waals surface area contributed by atoms with Gasteiger partial charge in [0.25, 0.3) is 0 Å². The van der Waals surface area contributed by atoms with Crippen molar-refractivity contribution in [1.82, 2.24) is 0 Å². The van der Waals surface area contributed by atoms with Crippen LogP contribution in [0.15, 0.2) is 42.5 Å². The van der Waals surface area contributed by atoms with E-state index >= 15 is 0 Å². The minimum atomic E-state index is -2.31. The standard InChI is InChI=1S/C23H16ClFN4O3/c1-13-22(12-28)20(29)32-23(13,14-6-8-15(30-2)9-7-14)31-19(21(22,10-26)11-27)18-16(24)4-3-5-17(18)25/h3-9,13,19,29H,1-2H3. The third-order valence-electron chi connectivity index (χ3n) is 6.42. The van der Waals surface area contributed by atoms with Crippen molar-refractivity contribution >= 4 is 17.5 Å². The van der Waals surface area contributed by atoms with Crippen molar-refractivity contribution in [3.63, 3.8) is 0 Å². The highest BCUT2D eigenvalue weighted by Crippen LogP contribution is 2.69. The normalized spacial score (nSPS) is 29.8. The molecule has 4 atom stereocenters. The van der Waals surface area contributed by atoms with Gasteiger partial charge in [-0.2, -0.15) is 15.8 Å². The summed E-state index contributed by atoms with van der Waals surface area (Å²) >= 11 is 6.28. The lowest BCUT2D eigenvalue weighted by molar-refractivity contribution is -0.289. The molecule has 2 bridgehead atoms.